The van der Waals surface area contributed by atoms with E-state index in [9.17, 15) is 9.59 Å². The highest BCUT2D eigenvalue weighted by Crippen LogP contribution is 2.09. The number of carboxylic acid groups (broad SMARTS) is 1. The van der Waals surface area contributed by atoms with E-state index in [0.717, 1.165) is 12.8 Å². The van der Waals surface area contributed by atoms with Crippen LogP contribution in [-0.2, 0) is 14.3 Å². The highest BCUT2D eigenvalue weighted by atomic mass is 35.5. The standard InChI is InChI=1S/C7H13ClO2.C4H8O2/c1-3-6(4-2)7(9)10-5-8;1-3(2)4(5)6/h6H,3-5H2,1-2H3;3H,1-2H3,(H,5,6). The Morgan fingerprint density at radius 1 is 1.25 bits per heavy atom. The number of hydrogen-bond donors (Lipinski definition) is 1. The van der Waals surface area contributed by atoms with Crippen molar-refractivity contribution in [3.05, 3.63) is 0 Å². The van der Waals surface area contributed by atoms with Gasteiger partial charge in [-0.2, -0.15) is 0 Å². The molecule has 0 bridgehead atoms. The third-order valence-electron chi connectivity index (χ3n) is 2.01. The molecule has 0 aromatic heterocycles. The zero-order chi connectivity index (χ0) is 13.1. The van der Waals surface area contributed by atoms with Gasteiger partial charge < -0.3 is 9.84 Å². The molecular weight excluding hydrogens is 232 g/mol. The molecule has 0 heterocycles. The van der Waals surface area contributed by atoms with Crippen LogP contribution in [0.15, 0.2) is 0 Å². The topological polar surface area (TPSA) is 63.6 Å². The van der Waals surface area contributed by atoms with Gasteiger partial charge in [0.15, 0.2) is 6.07 Å². The SMILES string of the molecule is CC(C)C(=O)O.CCC(CC)C(=O)OCCl. The summed E-state index contributed by atoms with van der Waals surface area (Å²) < 4.78 is 4.61. The van der Waals surface area contributed by atoms with Crippen LogP contribution in [0.25, 0.3) is 0 Å². The second-order valence-corrected chi connectivity index (χ2v) is 3.80. The zero-order valence-electron chi connectivity index (χ0n) is 10.3. The lowest BCUT2D eigenvalue weighted by molar-refractivity contribution is -0.146. The zero-order valence-corrected chi connectivity index (χ0v) is 11.1. The normalized spacial score (nSPS) is 9.69. The maximum absolute atomic E-state index is 10.9. The monoisotopic (exact) mass is 252 g/mol. The minimum Gasteiger partial charge on any atom is -0.481 e. The molecule has 0 amide bonds. The van der Waals surface area contributed by atoms with E-state index < -0.39 is 5.97 Å². The minimum absolute atomic E-state index is 0.0266. The molecule has 0 saturated heterocycles. The Morgan fingerprint density at radius 2 is 1.62 bits per heavy atom. The molecule has 0 aromatic rings. The van der Waals surface area contributed by atoms with E-state index in [2.05, 4.69) is 4.74 Å². The fraction of sp³-hybridized carbons (Fsp3) is 0.818. The summed E-state index contributed by atoms with van der Waals surface area (Å²) in [7, 11) is 0. The molecule has 0 aliphatic heterocycles. The predicted molar refractivity (Wildman–Crippen MR) is 63.4 cm³/mol. The molecule has 0 aliphatic rings. The van der Waals surface area contributed by atoms with Gasteiger partial charge in [-0.1, -0.05) is 39.3 Å². The molecule has 0 unspecified atom stereocenters. The number of carbonyl (C=O) groups is 2. The Kier molecular flexibility index (Phi) is 11.8. The van der Waals surface area contributed by atoms with Gasteiger partial charge in [0.25, 0.3) is 0 Å². The number of halogens is 1. The number of ether oxygens (including phenoxy) is 1. The molecule has 96 valence electrons. The summed E-state index contributed by atoms with van der Waals surface area (Å²) >= 11 is 5.21. The van der Waals surface area contributed by atoms with Gasteiger partial charge in [0.05, 0.1) is 11.8 Å². The highest BCUT2D eigenvalue weighted by molar-refractivity contribution is 6.17. The van der Waals surface area contributed by atoms with Gasteiger partial charge in [0, 0.05) is 0 Å². The summed E-state index contributed by atoms with van der Waals surface area (Å²) in [6.45, 7) is 7.21. The van der Waals surface area contributed by atoms with Gasteiger partial charge >= 0.3 is 11.9 Å². The number of aliphatic carboxylic acids is 1. The largest absolute Gasteiger partial charge is 0.481 e. The molecule has 16 heavy (non-hydrogen) atoms. The third-order valence-corrected chi connectivity index (χ3v) is 2.12. The van der Waals surface area contributed by atoms with Gasteiger partial charge in [-0.15, -0.1) is 0 Å². The minimum atomic E-state index is -0.741. The van der Waals surface area contributed by atoms with Crippen LogP contribution in [0.2, 0.25) is 0 Å². The number of carbonyl (C=O) groups excluding carboxylic acids is 1. The first-order valence-electron chi connectivity index (χ1n) is 5.35. The van der Waals surface area contributed by atoms with E-state index in [1.807, 2.05) is 13.8 Å². The second kappa shape index (κ2) is 10.7. The van der Waals surface area contributed by atoms with E-state index >= 15 is 0 Å². The lowest BCUT2D eigenvalue weighted by atomic mass is 10.0. The fourth-order valence-electron chi connectivity index (χ4n) is 0.794. The van der Waals surface area contributed by atoms with Crippen molar-refractivity contribution in [2.75, 3.05) is 6.07 Å². The average molecular weight is 253 g/mol. The maximum Gasteiger partial charge on any atom is 0.310 e. The third kappa shape index (κ3) is 9.77. The quantitative estimate of drug-likeness (QED) is 0.604. The van der Waals surface area contributed by atoms with Crippen LogP contribution in [0.3, 0.4) is 0 Å². The van der Waals surface area contributed by atoms with Crippen molar-refractivity contribution in [1.82, 2.24) is 0 Å². The van der Waals surface area contributed by atoms with Crippen molar-refractivity contribution < 1.29 is 19.4 Å². The number of rotatable bonds is 5. The molecule has 0 radical (unpaired) electrons. The maximum atomic E-state index is 10.9. The van der Waals surface area contributed by atoms with Crippen LogP contribution in [-0.4, -0.2) is 23.1 Å². The van der Waals surface area contributed by atoms with E-state index in [0.29, 0.717) is 0 Å². The average Bonchev–Trinajstić information content (AvgIpc) is 2.20. The molecule has 0 aliphatic carbocycles. The van der Waals surface area contributed by atoms with E-state index in [4.69, 9.17) is 16.7 Å². The highest BCUT2D eigenvalue weighted by Gasteiger charge is 2.14. The van der Waals surface area contributed by atoms with Crippen LogP contribution >= 0.6 is 11.6 Å². The molecule has 1 N–H and O–H groups in total. The van der Waals surface area contributed by atoms with Crippen LogP contribution in [0.1, 0.15) is 40.5 Å². The molecule has 4 nitrogen and oxygen atoms in total. The van der Waals surface area contributed by atoms with E-state index in [-0.39, 0.29) is 23.9 Å². The molecule has 0 atom stereocenters. The summed E-state index contributed by atoms with van der Waals surface area (Å²) in [5.41, 5.74) is 0. The molecule has 0 saturated carbocycles. The summed E-state index contributed by atoms with van der Waals surface area (Å²) in [4.78, 5) is 20.6. The Labute approximate surface area is 102 Å². The van der Waals surface area contributed by atoms with Gasteiger partial charge in [-0.05, 0) is 12.8 Å². The Morgan fingerprint density at radius 3 is 1.81 bits per heavy atom. The molecular formula is C11H21ClO4. The first-order valence-corrected chi connectivity index (χ1v) is 5.89. The summed E-state index contributed by atoms with van der Waals surface area (Å²) in [5, 5.41) is 7.99. The molecule has 0 fully saturated rings. The van der Waals surface area contributed by atoms with Crippen LogP contribution < -0.4 is 0 Å². The van der Waals surface area contributed by atoms with Crippen molar-refractivity contribution >= 4 is 23.5 Å². The van der Waals surface area contributed by atoms with Crippen molar-refractivity contribution in [3.63, 3.8) is 0 Å². The number of hydrogen-bond acceptors (Lipinski definition) is 3. The molecule has 0 rings (SSSR count). The summed E-state index contributed by atoms with van der Waals surface area (Å²) in [5.74, 6) is -1.13. The molecule has 5 heteroatoms. The lowest BCUT2D eigenvalue weighted by Gasteiger charge is -2.08. The Hall–Kier alpha value is -0.770. The van der Waals surface area contributed by atoms with Crippen molar-refractivity contribution in [2.24, 2.45) is 11.8 Å². The molecule has 0 spiro atoms. The van der Waals surface area contributed by atoms with Gasteiger partial charge in [0.1, 0.15) is 0 Å². The number of alkyl halides is 1. The smallest absolute Gasteiger partial charge is 0.310 e. The lowest BCUT2D eigenvalue weighted by Crippen LogP contribution is -2.15. The van der Waals surface area contributed by atoms with Crippen LogP contribution in [0, 0.1) is 11.8 Å². The second-order valence-electron chi connectivity index (χ2n) is 3.58. The van der Waals surface area contributed by atoms with Crippen LogP contribution in [0.5, 0.6) is 0 Å². The number of esters is 1. The van der Waals surface area contributed by atoms with Gasteiger partial charge in [-0.25, -0.2) is 0 Å². The fourth-order valence-corrected chi connectivity index (χ4v) is 0.901. The first-order chi connectivity index (χ1) is 7.40. The Balaban J connectivity index is 0. The Bertz CT molecular complexity index is 200. The molecule has 0 aromatic carbocycles. The van der Waals surface area contributed by atoms with Crippen molar-refractivity contribution in [2.45, 2.75) is 40.5 Å². The van der Waals surface area contributed by atoms with Gasteiger partial charge in [-0.3, -0.25) is 9.59 Å². The predicted octanol–water partition coefficient (Wildman–Crippen LogP) is 2.89. The number of carboxylic acids is 1. The van der Waals surface area contributed by atoms with E-state index in [1.165, 1.54) is 0 Å². The summed E-state index contributed by atoms with van der Waals surface area (Å²) in [6, 6.07) is -0.0324. The first kappa shape index (κ1) is 17.6. The van der Waals surface area contributed by atoms with Gasteiger partial charge in [0.2, 0.25) is 0 Å². The van der Waals surface area contributed by atoms with Crippen molar-refractivity contribution in [1.29, 1.82) is 0 Å². The van der Waals surface area contributed by atoms with Crippen molar-refractivity contribution in [3.8, 4) is 0 Å². The summed E-state index contributed by atoms with van der Waals surface area (Å²) in [6.07, 6.45) is 1.65. The van der Waals surface area contributed by atoms with Crippen LogP contribution in [0.4, 0.5) is 0 Å². The van der Waals surface area contributed by atoms with E-state index in [1.54, 1.807) is 13.8 Å².